The third kappa shape index (κ3) is 5.13. The first-order valence-electron chi connectivity index (χ1n) is 9.08. The number of hydrogen-bond acceptors (Lipinski definition) is 8. The molecule has 158 valence electrons. The molecule has 0 aliphatic carbocycles. The highest BCUT2D eigenvalue weighted by atomic mass is 19.4. The Labute approximate surface area is 174 Å². The molecule has 0 amide bonds. The number of hydrogen-bond donors (Lipinski definition) is 1. The Bertz CT molecular complexity index is 1170. The molecule has 0 radical (unpaired) electrons. The van der Waals surface area contributed by atoms with E-state index in [1.54, 1.807) is 36.7 Å². The fourth-order valence-corrected chi connectivity index (χ4v) is 2.63. The molecule has 4 rings (SSSR count). The number of ether oxygens (including phenoxy) is 2. The molecular weight excluding hydrogens is 413 g/mol. The summed E-state index contributed by atoms with van der Waals surface area (Å²) in [5.74, 6) is 1.31. The monoisotopic (exact) mass is 428 g/mol. The number of benzene rings is 1. The van der Waals surface area contributed by atoms with Crippen molar-refractivity contribution < 1.29 is 22.6 Å². The Balaban J connectivity index is 1.30. The van der Waals surface area contributed by atoms with Gasteiger partial charge in [-0.25, -0.2) is 24.9 Å². The fraction of sp³-hybridized carbons (Fsp3) is 0.150. The van der Waals surface area contributed by atoms with Crippen LogP contribution >= 0.6 is 0 Å². The van der Waals surface area contributed by atoms with Gasteiger partial charge in [0.1, 0.15) is 29.9 Å². The average molecular weight is 428 g/mol. The van der Waals surface area contributed by atoms with Gasteiger partial charge in [0, 0.05) is 24.7 Å². The first-order chi connectivity index (χ1) is 15.0. The molecule has 0 bridgehead atoms. The van der Waals surface area contributed by atoms with Gasteiger partial charge < -0.3 is 14.8 Å². The van der Waals surface area contributed by atoms with Crippen LogP contribution in [0.4, 0.5) is 19.0 Å². The van der Waals surface area contributed by atoms with E-state index in [4.69, 9.17) is 9.47 Å². The minimum atomic E-state index is -4.46. The second kappa shape index (κ2) is 8.78. The molecule has 0 unspecified atom stereocenters. The van der Waals surface area contributed by atoms with Crippen LogP contribution in [0, 0.1) is 0 Å². The number of nitrogens with one attached hydrogen (secondary N) is 1. The molecule has 8 nitrogen and oxygen atoms in total. The van der Waals surface area contributed by atoms with Crippen LogP contribution in [0.3, 0.4) is 0 Å². The van der Waals surface area contributed by atoms with Crippen molar-refractivity contribution in [1.29, 1.82) is 0 Å². The molecule has 0 aliphatic rings. The van der Waals surface area contributed by atoms with Gasteiger partial charge in [-0.05, 0) is 30.3 Å². The molecule has 1 N–H and O–H groups in total. The molecule has 0 atom stereocenters. The molecule has 0 aliphatic heterocycles. The maximum Gasteiger partial charge on any atom is 0.416 e. The number of fused-ring (bicyclic) bond motifs is 1. The summed E-state index contributed by atoms with van der Waals surface area (Å²) in [4.78, 5) is 20.3. The number of anilines is 1. The summed E-state index contributed by atoms with van der Waals surface area (Å²) < 4.78 is 49.4. The summed E-state index contributed by atoms with van der Waals surface area (Å²) in [5.41, 5.74) is 0.230. The van der Waals surface area contributed by atoms with Crippen LogP contribution in [0.2, 0.25) is 0 Å². The molecule has 0 spiro atoms. The van der Waals surface area contributed by atoms with E-state index < -0.39 is 11.7 Å². The quantitative estimate of drug-likeness (QED) is 0.440. The van der Waals surface area contributed by atoms with Gasteiger partial charge in [0.15, 0.2) is 11.5 Å². The lowest BCUT2D eigenvalue weighted by Gasteiger charge is -2.11. The standard InChI is InChI=1S/C20H15F3N6O2/c21-20(22,23)13-5-6-24-16(11-13)31-15-3-1-14(2-4-15)30-10-9-27-19-17-18(28-12-29-19)26-8-7-25-17/h1-8,11-12H,9-10H2,(H,26,27,28,29). The molecular formula is C20H15F3N6O2. The molecule has 0 saturated carbocycles. The van der Waals surface area contributed by atoms with Crippen molar-refractivity contribution in [2.75, 3.05) is 18.5 Å². The predicted octanol–water partition coefficient (Wildman–Crippen LogP) is 4.12. The lowest BCUT2D eigenvalue weighted by Crippen LogP contribution is -2.13. The Morgan fingerprint density at radius 3 is 2.42 bits per heavy atom. The first kappa shape index (κ1) is 20.3. The van der Waals surface area contributed by atoms with Gasteiger partial charge in [-0.1, -0.05) is 0 Å². The normalized spacial score (nSPS) is 11.3. The highest BCUT2D eigenvalue weighted by molar-refractivity contribution is 5.81. The predicted molar refractivity (Wildman–Crippen MR) is 105 cm³/mol. The van der Waals surface area contributed by atoms with E-state index in [-0.39, 0.29) is 5.88 Å². The Morgan fingerprint density at radius 1 is 0.839 bits per heavy atom. The molecule has 0 fully saturated rings. The van der Waals surface area contributed by atoms with Crippen molar-refractivity contribution in [2.24, 2.45) is 0 Å². The van der Waals surface area contributed by atoms with Gasteiger partial charge in [-0.15, -0.1) is 0 Å². The number of halogens is 3. The molecule has 11 heteroatoms. The number of alkyl halides is 3. The third-order valence-electron chi connectivity index (χ3n) is 4.04. The third-order valence-corrected chi connectivity index (χ3v) is 4.04. The zero-order valence-corrected chi connectivity index (χ0v) is 15.9. The van der Waals surface area contributed by atoms with Gasteiger partial charge in [0.25, 0.3) is 0 Å². The highest BCUT2D eigenvalue weighted by Gasteiger charge is 2.31. The van der Waals surface area contributed by atoms with Crippen LogP contribution < -0.4 is 14.8 Å². The zero-order chi connectivity index (χ0) is 21.7. The van der Waals surface area contributed by atoms with E-state index in [0.717, 1.165) is 18.3 Å². The minimum absolute atomic E-state index is 0.145. The van der Waals surface area contributed by atoms with E-state index in [2.05, 4.69) is 30.2 Å². The van der Waals surface area contributed by atoms with Crippen molar-refractivity contribution in [3.05, 3.63) is 66.9 Å². The Kier molecular flexibility index (Phi) is 5.74. The van der Waals surface area contributed by atoms with Crippen LogP contribution in [0.5, 0.6) is 17.4 Å². The SMILES string of the molecule is FC(F)(F)c1ccnc(Oc2ccc(OCCNc3ncnc4nccnc34)cc2)c1. The maximum absolute atomic E-state index is 12.8. The van der Waals surface area contributed by atoms with Gasteiger partial charge >= 0.3 is 6.18 Å². The molecule has 4 aromatic rings. The van der Waals surface area contributed by atoms with Crippen molar-refractivity contribution in [3.63, 3.8) is 0 Å². The first-order valence-corrected chi connectivity index (χ1v) is 9.08. The fourth-order valence-electron chi connectivity index (χ4n) is 2.63. The smallest absolute Gasteiger partial charge is 0.416 e. The summed E-state index contributed by atoms with van der Waals surface area (Å²) >= 11 is 0. The van der Waals surface area contributed by atoms with E-state index >= 15 is 0 Å². The average Bonchev–Trinajstić information content (AvgIpc) is 2.77. The van der Waals surface area contributed by atoms with Crippen LogP contribution in [-0.4, -0.2) is 38.1 Å². The van der Waals surface area contributed by atoms with Gasteiger partial charge in [-0.2, -0.15) is 13.2 Å². The lowest BCUT2D eigenvalue weighted by atomic mass is 10.2. The number of aromatic nitrogens is 5. The van der Waals surface area contributed by atoms with E-state index in [9.17, 15) is 13.2 Å². The van der Waals surface area contributed by atoms with Crippen molar-refractivity contribution in [2.45, 2.75) is 6.18 Å². The molecule has 0 saturated heterocycles. The number of nitrogens with zero attached hydrogens (tertiary/aromatic N) is 5. The second-order valence-corrected chi connectivity index (χ2v) is 6.18. The second-order valence-electron chi connectivity index (χ2n) is 6.18. The summed E-state index contributed by atoms with van der Waals surface area (Å²) in [5, 5.41) is 3.12. The van der Waals surface area contributed by atoms with Gasteiger partial charge in [0.2, 0.25) is 5.88 Å². The van der Waals surface area contributed by atoms with Crippen molar-refractivity contribution in [1.82, 2.24) is 24.9 Å². The van der Waals surface area contributed by atoms with Crippen LogP contribution in [0.15, 0.2) is 61.3 Å². The topological polar surface area (TPSA) is 94.9 Å². The summed E-state index contributed by atoms with van der Waals surface area (Å²) in [6.45, 7) is 0.788. The number of rotatable bonds is 7. The summed E-state index contributed by atoms with van der Waals surface area (Å²) in [6.07, 6.45) is 1.11. The van der Waals surface area contributed by atoms with Crippen molar-refractivity contribution in [3.8, 4) is 17.4 Å². The maximum atomic E-state index is 12.8. The molecule has 1 aromatic carbocycles. The van der Waals surface area contributed by atoms with Crippen LogP contribution in [0.1, 0.15) is 5.56 Å². The van der Waals surface area contributed by atoms with E-state index in [1.165, 1.54) is 6.33 Å². The van der Waals surface area contributed by atoms with Gasteiger partial charge in [-0.3, -0.25) is 0 Å². The Morgan fingerprint density at radius 2 is 1.61 bits per heavy atom. The number of pyridine rings is 1. The van der Waals surface area contributed by atoms with Gasteiger partial charge in [0.05, 0.1) is 12.1 Å². The van der Waals surface area contributed by atoms with E-state index in [0.29, 0.717) is 41.6 Å². The lowest BCUT2D eigenvalue weighted by molar-refractivity contribution is -0.137. The molecule has 3 aromatic heterocycles. The van der Waals surface area contributed by atoms with Crippen LogP contribution in [0.25, 0.3) is 11.2 Å². The molecule has 3 heterocycles. The zero-order valence-electron chi connectivity index (χ0n) is 15.9. The van der Waals surface area contributed by atoms with Crippen molar-refractivity contribution >= 4 is 17.0 Å². The molecule has 31 heavy (non-hydrogen) atoms. The summed E-state index contributed by atoms with van der Waals surface area (Å²) in [7, 11) is 0. The van der Waals surface area contributed by atoms with Crippen LogP contribution in [-0.2, 0) is 6.18 Å². The summed E-state index contributed by atoms with van der Waals surface area (Å²) in [6, 6.07) is 8.19. The Hall–Kier alpha value is -4.02. The van der Waals surface area contributed by atoms with E-state index in [1.807, 2.05) is 0 Å². The highest BCUT2D eigenvalue weighted by Crippen LogP contribution is 2.31. The largest absolute Gasteiger partial charge is 0.492 e. The minimum Gasteiger partial charge on any atom is -0.492 e.